The first-order valence-corrected chi connectivity index (χ1v) is 10.1. The summed E-state index contributed by atoms with van der Waals surface area (Å²) in [5.41, 5.74) is 0.775. The van der Waals surface area contributed by atoms with Gasteiger partial charge in [0.2, 0.25) is 0 Å². The van der Waals surface area contributed by atoms with Gasteiger partial charge in [-0.05, 0) is 52.9 Å². The molecule has 1 fully saturated rings. The molecule has 134 valence electrons. The third-order valence-corrected chi connectivity index (χ3v) is 6.69. The van der Waals surface area contributed by atoms with Crippen molar-refractivity contribution in [2.45, 2.75) is 50.7 Å². The minimum absolute atomic E-state index is 0.0392. The van der Waals surface area contributed by atoms with E-state index in [2.05, 4.69) is 25.9 Å². The Balaban J connectivity index is 2.31. The first-order valence-electron chi connectivity index (χ1n) is 8.11. The number of rotatable bonds is 4. The second kappa shape index (κ2) is 6.72. The first kappa shape index (κ1) is 18.4. The highest BCUT2D eigenvalue weighted by molar-refractivity contribution is 9.10. The lowest BCUT2D eigenvalue weighted by molar-refractivity contribution is -0.140. The second-order valence-corrected chi connectivity index (χ2v) is 8.41. The molecular weight excluding hydrogens is 406 g/mol. The maximum absolute atomic E-state index is 13.1. The summed E-state index contributed by atoms with van der Waals surface area (Å²) in [6, 6.07) is -0.194. The SMILES string of the molecule is CSc1ncc2c(C)c(Br)c(=O)n([C@H]3CCC[C@@]3(C)CC(=O)O)c2n1. The van der Waals surface area contributed by atoms with Crippen LogP contribution in [-0.4, -0.2) is 31.9 Å². The van der Waals surface area contributed by atoms with Crippen molar-refractivity contribution in [3.63, 3.8) is 0 Å². The van der Waals surface area contributed by atoms with Gasteiger partial charge >= 0.3 is 5.97 Å². The Morgan fingerprint density at radius 1 is 1.56 bits per heavy atom. The van der Waals surface area contributed by atoms with Crippen molar-refractivity contribution in [2.24, 2.45) is 5.41 Å². The van der Waals surface area contributed by atoms with Gasteiger partial charge in [0.25, 0.3) is 5.56 Å². The van der Waals surface area contributed by atoms with Crippen LogP contribution < -0.4 is 5.56 Å². The molecule has 25 heavy (non-hydrogen) atoms. The number of halogens is 1. The predicted octanol–water partition coefficient (Wildman–Crippen LogP) is 3.79. The number of fused-ring (bicyclic) bond motifs is 1. The number of thioether (sulfide) groups is 1. The van der Waals surface area contributed by atoms with Gasteiger partial charge in [0.1, 0.15) is 5.65 Å². The van der Waals surface area contributed by atoms with Crippen LogP contribution in [0.2, 0.25) is 0 Å². The van der Waals surface area contributed by atoms with Crippen LogP contribution in [0.4, 0.5) is 0 Å². The number of aliphatic carboxylic acids is 1. The summed E-state index contributed by atoms with van der Waals surface area (Å²) in [5, 5.41) is 10.8. The molecule has 8 heteroatoms. The maximum Gasteiger partial charge on any atom is 0.303 e. The van der Waals surface area contributed by atoms with E-state index >= 15 is 0 Å². The minimum atomic E-state index is -0.836. The maximum atomic E-state index is 13.1. The molecule has 0 aliphatic heterocycles. The molecule has 6 nitrogen and oxygen atoms in total. The number of carboxylic acid groups (broad SMARTS) is 1. The lowest BCUT2D eigenvalue weighted by atomic mass is 9.81. The lowest BCUT2D eigenvalue weighted by Crippen LogP contribution is -2.35. The van der Waals surface area contributed by atoms with Gasteiger partial charge in [-0.1, -0.05) is 25.1 Å². The molecule has 1 N–H and O–H groups in total. The van der Waals surface area contributed by atoms with Crippen LogP contribution in [0.5, 0.6) is 0 Å². The van der Waals surface area contributed by atoms with Crippen LogP contribution >= 0.6 is 27.7 Å². The summed E-state index contributed by atoms with van der Waals surface area (Å²) in [5.74, 6) is -0.836. The second-order valence-electron chi connectivity index (χ2n) is 6.84. The van der Waals surface area contributed by atoms with E-state index < -0.39 is 11.4 Å². The molecule has 1 saturated carbocycles. The standard InChI is InChI=1S/C17H20BrN3O3S/c1-9-10-8-19-16(25-3)20-14(10)21(15(24)13(9)18)11-5-4-6-17(11,2)7-12(22)23/h8,11H,4-7H2,1-3H3,(H,22,23)/t11-,17-/m0/s1. The van der Waals surface area contributed by atoms with Gasteiger partial charge in [-0.3, -0.25) is 14.2 Å². The van der Waals surface area contributed by atoms with Crippen molar-refractivity contribution in [3.05, 3.63) is 26.6 Å². The number of nitrogens with zero attached hydrogens (tertiary/aromatic N) is 3. The van der Waals surface area contributed by atoms with E-state index in [0.717, 1.165) is 30.2 Å². The summed E-state index contributed by atoms with van der Waals surface area (Å²) in [7, 11) is 0. The molecule has 0 radical (unpaired) electrons. The summed E-state index contributed by atoms with van der Waals surface area (Å²) in [4.78, 5) is 33.4. The van der Waals surface area contributed by atoms with Gasteiger partial charge in [-0.15, -0.1) is 0 Å². The average Bonchev–Trinajstić information content (AvgIpc) is 2.92. The van der Waals surface area contributed by atoms with Crippen LogP contribution in [0.15, 0.2) is 20.6 Å². The zero-order chi connectivity index (χ0) is 18.4. The van der Waals surface area contributed by atoms with Crippen molar-refractivity contribution in [3.8, 4) is 0 Å². The molecule has 1 aliphatic rings. The zero-order valence-corrected chi connectivity index (χ0v) is 16.8. The highest BCUT2D eigenvalue weighted by Crippen LogP contribution is 2.49. The van der Waals surface area contributed by atoms with E-state index in [1.807, 2.05) is 20.1 Å². The molecular formula is C17H20BrN3O3S. The summed E-state index contributed by atoms with van der Waals surface area (Å²) in [6.07, 6.45) is 6.12. The summed E-state index contributed by atoms with van der Waals surface area (Å²) >= 11 is 4.83. The monoisotopic (exact) mass is 425 g/mol. The summed E-state index contributed by atoms with van der Waals surface area (Å²) in [6.45, 7) is 3.83. The van der Waals surface area contributed by atoms with Crippen molar-refractivity contribution < 1.29 is 9.90 Å². The predicted molar refractivity (Wildman–Crippen MR) is 101 cm³/mol. The molecule has 3 rings (SSSR count). The van der Waals surface area contributed by atoms with Gasteiger partial charge in [0, 0.05) is 17.6 Å². The third-order valence-electron chi connectivity index (χ3n) is 5.19. The molecule has 2 aromatic heterocycles. The number of hydrogen-bond donors (Lipinski definition) is 1. The highest BCUT2D eigenvalue weighted by atomic mass is 79.9. The van der Waals surface area contributed by atoms with E-state index in [9.17, 15) is 14.7 Å². The van der Waals surface area contributed by atoms with Gasteiger partial charge in [-0.25, -0.2) is 9.97 Å². The number of aromatic nitrogens is 3. The minimum Gasteiger partial charge on any atom is -0.481 e. The smallest absolute Gasteiger partial charge is 0.303 e. The van der Waals surface area contributed by atoms with Gasteiger partial charge in [0.15, 0.2) is 5.16 Å². The van der Waals surface area contributed by atoms with E-state index in [1.165, 1.54) is 11.8 Å². The van der Waals surface area contributed by atoms with Gasteiger partial charge < -0.3 is 5.11 Å². The molecule has 2 atom stereocenters. The van der Waals surface area contributed by atoms with Crippen molar-refractivity contribution >= 4 is 44.7 Å². The van der Waals surface area contributed by atoms with Gasteiger partial charge in [-0.2, -0.15) is 0 Å². The van der Waals surface area contributed by atoms with Crippen LogP contribution in [0.25, 0.3) is 11.0 Å². The van der Waals surface area contributed by atoms with Crippen LogP contribution in [-0.2, 0) is 4.79 Å². The quantitative estimate of drug-likeness (QED) is 0.592. The molecule has 0 spiro atoms. The Bertz CT molecular complexity index is 914. The van der Waals surface area contributed by atoms with Crippen LogP contribution in [0, 0.1) is 12.3 Å². The fourth-order valence-electron chi connectivity index (χ4n) is 3.88. The van der Waals surface area contributed by atoms with Crippen molar-refractivity contribution in [1.82, 2.24) is 14.5 Å². The molecule has 0 unspecified atom stereocenters. The van der Waals surface area contributed by atoms with E-state index in [-0.39, 0.29) is 18.0 Å². The molecule has 0 aromatic carbocycles. The van der Waals surface area contributed by atoms with E-state index in [4.69, 9.17) is 0 Å². The van der Waals surface area contributed by atoms with E-state index in [0.29, 0.717) is 15.3 Å². The number of carbonyl (C=O) groups is 1. The fourth-order valence-corrected chi connectivity index (χ4v) is 4.62. The molecule has 1 aliphatic carbocycles. The Morgan fingerprint density at radius 3 is 2.92 bits per heavy atom. The van der Waals surface area contributed by atoms with Crippen LogP contribution in [0.1, 0.15) is 44.2 Å². The number of carboxylic acids is 1. The average molecular weight is 426 g/mol. The largest absolute Gasteiger partial charge is 0.481 e. The Morgan fingerprint density at radius 2 is 2.28 bits per heavy atom. The molecule has 2 aromatic rings. The molecule has 2 heterocycles. The van der Waals surface area contributed by atoms with Crippen molar-refractivity contribution in [1.29, 1.82) is 0 Å². The molecule has 0 saturated heterocycles. The Labute approximate surface area is 158 Å². The number of hydrogen-bond acceptors (Lipinski definition) is 5. The summed E-state index contributed by atoms with van der Waals surface area (Å²) < 4.78 is 2.19. The Kier molecular flexibility index (Phi) is 4.94. The topological polar surface area (TPSA) is 85.1 Å². The third kappa shape index (κ3) is 3.10. The van der Waals surface area contributed by atoms with E-state index in [1.54, 1.807) is 10.8 Å². The fraction of sp³-hybridized carbons (Fsp3) is 0.529. The van der Waals surface area contributed by atoms with Gasteiger partial charge in [0.05, 0.1) is 10.9 Å². The molecule has 0 amide bonds. The number of aryl methyl sites for hydroxylation is 1. The normalized spacial score (nSPS) is 23.3. The zero-order valence-electron chi connectivity index (χ0n) is 14.4. The first-order chi connectivity index (χ1) is 11.8. The van der Waals surface area contributed by atoms with Crippen LogP contribution in [0.3, 0.4) is 0 Å². The highest BCUT2D eigenvalue weighted by Gasteiger charge is 2.43. The Hall–Kier alpha value is -1.41. The lowest BCUT2D eigenvalue weighted by Gasteiger charge is -2.32. The number of pyridine rings is 1. The molecule has 0 bridgehead atoms. The van der Waals surface area contributed by atoms with Crippen molar-refractivity contribution in [2.75, 3.05) is 6.26 Å².